The zero-order valence-electron chi connectivity index (χ0n) is 13.7. The summed E-state index contributed by atoms with van der Waals surface area (Å²) in [5, 5.41) is 3.63. The Morgan fingerprint density at radius 3 is 2.61 bits per heavy atom. The molecule has 0 saturated carbocycles. The highest BCUT2D eigenvalue weighted by Crippen LogP contribution is 2.32. The smallest absolute Gasteiger partial charge is 0.123 e. The van der Waals surface area contributed by atoms with E-state index >= 15 is 0 Å². The Labute approximate surface area is 137 Å². The summed E-state index contributed by atoms with van der Waals surface area (Å²) < 4.78 is 19.7. The van der Waals surface area contributed by atoms with Gasteiger partial charge in [0.05, 0.1) is 12.7 Å². The molecule has 1 aliphatic heterocycles. The van der Waals surface area contributed by atoms with Crippen LogP contribution in [0.1, 0.15) is 37.4 Å². The van der Waals surface area contributed by atoms with E-state index in [1.54, 1.807) is 12.1 Å². The normalized spacial score (nSPS) is 24.3. The molecule has 0 aromatic heterocycles. The molecule has 1 aliphatic rings. The van der Waals surface area contributed by atoms with Crippen LogP contribution in [0.2, 0.25) is 0 Å². The summed E-state index contributed by atoms with van der Waals surface area (Å²) in [6.07, 6.45) is 1.02. The Morgan fingerprint density at radius 2 is 1.91 bits per heavy atom. The van der Waals surface area contributed by atoms with Crippen LogP contribution in [0.15, 0.2) is 54.6 Å². The van der Waals surface area contributed by atoms with Gasteiger partial charge >= 0.3 is 0 Å². The van der Waals surface area contributed by atoms with E-state index in [1.807, 2.05) is 24.3 Å². The molecule has 1 N–H and O–H groups in total. The average molecular weight is 313 g/mol. The largest absolute Gasteiger partial charge is 0.372 e. The molecule has 23 heavy (non-hydrogen) atoms. The monoisotopic (exact) mass is 313 g/mol. The molecule has 2 nitrogen and oxygen atoms in total. The molecule has 122 valence electrons. The number of benzene rings is 2. The van der Waals surface area contributed by atoms with Crippen molar-refractivity contribution in [1.82, 2.24) is 5.32 Å². The third-order valence-corrected chi connectivity index (χ3v) is 4.54. The van der Waals surface area contributed by atoms with Crippen molar-refractivity contribution in [3.63, 3.8) is 0 Å². The minimum Gasteiger partial charge on any atom is -0.372 e. The van der Waals surface area contributed by atoms with E-state index in [0.717, 1.165) is 12.0 Å². The quantitative estimate of drug-likeness (QED) is 0.879. The highest BCUT2D eigenvalue weighted by molar-refractivity contribution is 5.22. The fourth-order valence-corrected chi connectivity index (χ4v) is 3.31. The minimum absolute atomic E-state index is 0.142. The first kappa shape index (κ1) is 16.2. The standard InChI is InChI=1S/C20H24FNO/c1-14(2)20-19(23-13-15-7-4-3-5-8-15)12-18(22-20)16-9-6-10-17(21)11-16/h3-11,14,18-20,22H,12-13H2,1-2H3/t18-,19-,20?/m0/s1. The molecule has 0 radical (unpaired) electrons. The number of halogens is 1. The second-order valence-electron chi connectivity index (χ2n) is 6.61. The molecule has 1 fully saturated rings. The first-order valence-electron chi connectivity index (χ1n) is 8.30. The van der Waals surface area contributed by atoms with Crippen molar-refractivity contribution in [3.8, 4) is 0 Å². The van der Waals surface area contributed by atoms with Gasteiger partial charge in [-0.15, -0.1) is 0 Å². The minimum atomic E-state index is -0.181. The number of nitrogens with one attached hydrogen (secondary N) is 1. The average Bonchev–Trinajstić information content (AvgIpc) is 2.98. The van der Waals surface area contributed by atoms with E-state index in [1.165, 1.54) is 11.6 Å². The topological polar surface area (TPSA) is 21.3 Å². The lowest BCUT2D eigenvalue weighted by Gasteiger charge is -2.23. The lowest BCUT2D eigenvalue weighted by Crippen LogP contribution is -2.37. The Bertz CT molecular complexity index is 629. The number of ether oxygens (including phenoxy) is 1. The molecule has 3 rings (SSSR count). The van der Waals surface area contributed by atoms with Gasteiger partial charge in [0, 0.05) is 12.1 Å². The van der Waals surface area contributed by atoms with E-state index in [9.17, 15) is 4.39 Å². The van der Waals surface area contributed by atoms with Gasteiger partial charge < -0.3 is 10.1 Å². The van der Waals surface area contributed by atoms with Gasteiger partial charge in [0.25, 0.3) is 0 Å². The van der Waals surface area contributed by atoms with Crippen LogP contribution in [0.25, 0.3) is 0 Å². The van der Waals surface area contributed by atoms with Crippen molar-refractivity contribution in [2.75, 3.05) is 0 Å². The fraction of sp³-hybridized carbons (Fsp3) is 0.400. The summed E-state index contributed by atoms with van der Waals surface area (Å²) in [6, 6.07) is 17.5. The van der Waals surface area contributed by atoms with Gasteiger partial charge in [0.15, 0.2) is 0 Å². The summed E-state index contributed by atoms with van der Waals surface area (Å²) in [6.45, 7) is 5.02. The Balaban J connectivity index is 1.69. The first-order chi connectivity index (χ1) is 11.1. The van der Waals surface area contributed by atoms with E-state index < -0.39 is 0 Å². The van der Waals surface area contributed by atoms with E-state index in [0.29, 0.717) is 12.5 Å². The highest BCUT2D eigenvalue weighted by Gasteiger charge is 2.36. The van der Waals surface area contributed by atoms with Crippen LogP contribution in [-0.4, -0.2) is 12.1 Å². The second kappa shape index (κ2) is 7.24. The lowest BCUT2D eigenvalue weighted by atomic mass is 9.99. The molecule has 3 heteroatoms. The highest BCUT2D eigenvalue weighted by atomic mass is 19.1. The van der Waals surface area contributed by atoms with Crippen LogP contribution in [0.5, 0.6) is 0 Å². The van der Waals surface area contributed by atoms with Crippen molar-refractivity contribution in [3.05, 3.63) is 71.5 Å². The van der Waals surface area contributed by atoms with Gasteiger partial charge in [0.1, 0.15) is 5.82 Å². The van der Waals surface area contributed by atoms with Crippen molar-refractivity contribution >= 4 is 0 Å². The molecular weight excluding hydrogens is 289 g/mol. The van der Waals surface area contributed by atoms with Gasteiger partial charge in [0.2, 0.25) is 0 Å². The Kier molecular flexibility index (Phi) is 5.09. The van der Waals surface area contributed by atoms with Crippen molar-refractivity contribution < 1.29 is 9.13 Å². The van der Waals surface area contributed by atoms with Crippen molar-refractivity contribution in [2.24, 2.45) is 5.92 Å². The van der Waals surface area contributed by atoms with Crippen molar-refractivity contribution in [2.45, 2.75) is 45.1 Å². The van der Waals surface area contributed by atoms with Gasteiger partial charge in [-0.2, -0.15) is 0 Å². The third kappa shape index (κ3) is 3.98. The molecule has 1 unspecified atom stereocenters. The molecule has 3 atom stereocenters. The molecule has 0 aliphatic carbocycles. The number of hydrogen-bond donors (Lipinski definition) is 1. The molecule has 1 saturated heterocycles. The predicted octanol–water partition coefficient (Wildman–Crippen LogP) is 4.47. The Hall–Kier alpha value is -1.71. The van der Waals surface area contributed by atoms with Crippen LogP contribution in [0.4, 0.5) is 4.39 Å². The van der Waals surface area contributed by atoms with Gasteiger partial charge in [-0.1, -0.05) is 56.3 Å². The molecule has 2 aromatic carbocycles. The first-order valence-corrected chi connectivity index (χ1v) is 8.30. The summed E-state index contributed by atoms with van der Waals surface area (Å²) in [5.74, 6) is 0.286. The van der Waals surface area contributed by atoms with Gasteiger partial charge in [-0.05, 0) is 35.6 Å². The summed E-state index contributed by atoms with van der Waals surface area (Å²) in [7, 11) is 0. The van der Waals surface area contributed by atoms with Crippen LogP contribution in [-0.2, 0) is 11.3 Å². The van der Waals surface area contributed by atoms with Crippen LogP contribution >= 0.6 is 0 Å². The fourth-order valence-electron chi connectivity index (χ4n) is 3.31. The molecule has 0 spiro atoms. The maximum absolute atomic E-state index is 13.5. The summed E-state index contributed by atoms with van der Waals surface area (Å²) >= 11 is 0. The summed E-state index contributed by atoms with van der Waals surface area (Å²) in [4.78, 5) is 0. The third-order valence-electron chi connectivity index (χ3n) is 4.54. The van der Waals surface area contributed by atoms with Crippen LogP contribution < -0.4 is 5.32 Å². The number of rotatable bonds is 5. The summed E-state index contributed by atoms with van der Waals surface area (Å²) in [5.41, 5.74) is 2.19. The maximum atomic E-state index is 13.5. The molecule has 2 aromatic rings. The van der Waals surface area contributed by atoms with Gasteiger partial charge in [-0.3, -0.25) is 0 Å². The second-order valence-corrected chi connectivity index (χ2v) is 6.61. The molecule has 0 amide bonds. The van der Waals surface area contributed by atoms with Crippen LogP contribution in [0, 0.1) is 11.7 Å². The van der Waals surface area contributed by atoms with Crippen LogP contribution in [0.3, 0.4) is 0 Å². The van der Waals surface area contributed by atoms with Crippen molar-refractivity contribution in [1.29, 1.82) is 0 Å². The predicted molar refractivity (Wildman–Crippen MR) is 90.5 cm³/mol. The zero-order chi connectivity index (χ0) is 16.2. The molecule has 1 heterocycles. The lowest BCUT2D eigenvalue weighted by molar-refractivity contribution is 0.0226. The van der Waals surface area contributed by atoms with E-state index in [4.69, 9.17) is 4.74 Å². The number of hydrogen-bond acceptors (Lipinski definition) is 2. The van der Waals surface area contributed by atoms with Gasteiger partial charge in [-0.25, -0.2) is 4.39 Å². The van der Waals surface area contributed by atoms with E-state index in [-0.39, 0.29) is 24.0 Å². The SMILES string of the molecule is CC(C)C1N[C@H](c2cccc(F)c2)C[C@@H]1OCc1ccccc1. The Morgan fingerprint density at radius 1 is 1.13 bits per heavy atom. The maximum Gasteiger partial charge on any atom is 0.123 e. The zero-order valence-corrected chi connectivity index (χ0v) is 13.7. The van der Waals surface area contributed by atoms with E-state index in [2.05, 4.69) is 31.3 Å². The molecular formula is C20H24FNO. The molecule has 0 bridgehead atoms.